The van der Waals surface area contributed by atoms with Crippen LogP contribution < -0.4 is 14.8 Å². The molecule has 0 radical (unpaired) electrons. The van der Waals surface area contributed by atoms with Crippen LogP contribution in [-0.2, 0) is 4.79 Å². The molecule has 0 aliphatic rings. The van der Waals surface area contributed by atoms with Crippen LogP contribution in [0.1, 0.15) is 23.6 Å². The van der Waals surface area contributed by atoms with Gasteiger partial charge < -0.3 is 4.74 Å². The average molecular weight is 364 g/mol. The molecule has 0 saturated heterocycles. The Kier molecular flexibility index (Phi) is 3.85. The summed E-state index contributed by atoms with van der Waals surface area (Å²) in [6, 6.07) is 11.4. The molecule has 4 rings (SSSR count). The topological polar surface area (TPSA) is 60.7 Å². The van der Waals surface area contributed by atoms with Gasteiger partial charge in [0.05, 0.1) is 15.6 Å². The van der Waals surface area contributed by atoms with E-state index < -0.39 is 0 Å². The van der Waals surface area contributed by atoms with Crippen LogP contribution in [0.3, 0.4) is 0 Å². The van der Waals surface area contributed by atoms with Gasteiger partial charge in [-0.15, -0.1) is 0 Å². The number of para-hydroxylation sites is 2. The Hall–Kier alpha value is -2.99. The van der Waals surface area contributed by atoms with Gasteiger partial charge in [-0.05, 0) is 60.9 Å². The quantitative estimate of drug-likeness (QED) is 0.405. The number of fused-ring (bicyclic) bond motifs is 3. The molecule has 6 heteroatoms. The first-order valence-corrected chi connectivity index (χ1v) is 8.97. The number of carbonyl (C=O) groups is 1. The Labute approximate surface area is 153 Å². The van der Waals surface area contributed by atoms with Gasteiger partial charge in [0, 0.05) is 6.92 Å². The van der Waals surface area contributed by atoms with Crippen molar-refractivity contribution in [3.8, 4) is 5.75 Å². The molecule has 26 heavy (non-hydrogen) atoms. The molecule has 2 heterocycles. The second-order valence-electron chi connectivity index (χ2n) is 6.21. The van der Waals surface area contributed by atoms with Gasteiger partial charge in [-0.3, -0.25) is 9.59 Å². The number of nitrogens with zero attached hydrogens (tertiary/aromatic N) is 2. The zero-order chi connectivity index (χ0) is 18.4. The highest BCUT2D eigenvalue weighted by Crippen LogP contribution is 2.25. The Morgan fingerprint density at radius 2 is 1.88 bits per heavy atom. The number of ether oxygens (including phenoxy) is 1. The zero-order valence-corrected chi connectivity index (χ0v) is 15.4. The summed E-state index contributed by atoms with van der Waals surface area (Å²) < 4.78 is 7.54. The minimum atomic E-state index is -0.346. The van der Waals surface area contributed by atoms with Gasteiger partial charge in [0.15, 0.2) is 4.96 Å². The Balaban J connectivity index is 1.88. The van der Waals surface area contributed by atoms with Crippen LogP contribution in [0.25, 0.3) is 22.1 Å². The summed E-state index contributed by atoms with van der Waals surface area (Å²) in [5.74, 6) is 0.227. The number of esters is 1. The third-order valence-corrected chi connectivity index (χ3v) is 5.14. The Bertz CT molecular complexity index is 1260. The molecule has 0 atom stereocenters. The summed E-state index contributed by atoms with van der Waals surface area (Å²) in [6.45, 7) is 5.15. The molecular weight excluding hydrogens is 348 g/mol. The lowest BCUT2D eigenvalue weighted by Gasteiger charge is -2.10. The summed E-state index contributed by atoms with van der Waals surface area (Å²) in [5.41, 5.74) is 4.16. The molecule has 0 aliphatic heterocycles. The standard InChI is InChI=1S/C20H16N2O3S/c1-11-8-14(9-12(2)18(11)25-13(3)23)10-17-19(24)22-16-7-5-4-6-15(16)21-20(22)26-17/h4-10H,1-3H3. The second-order valence-corrected chi connectivity index (χ2v) is 7.22. The van der Waals surface area contributed by atoms with Crippen molar-refractivity contribution in [1.82, 2.24) is 9.38 Å². The molecule has 0 fully saturated rings. The van der Waals surface area contributed by atoms with Gasteiger partial charge >= 0.3 is 5.97 Å². The molecule has 0 unspecified atom stereocenters. The van der Waals surface area contributed by atoms with Crippen LogP contribution in [0.5, 0.6) is 5.75 Å². The number of carbonyl (C=O) groups excluding carboxylic acids is 1. The van der Waals surface area contributed by atoms with E-state index in [1.165, 1.54) is 18.3 Å². The van der Waals surface area contributed by atoms with Gasteiger partial charge in [0.1, 0.15) is 5.75 Å². The van der Waals surface area contributed by atoms with Crippen molar-refractivity contribution in [2.75, 3.05) is 0 Å². The highest BCUT2D eigenvalue weighted by molar-refractivity contribution is 7.15. The lowest BCUT2D eigenvalue weighted by atomic mass is 10.1. The Morgan fingerprint density at radius 1 is 1.19 bits per heavy atom. The van der Waals surface area contributed by atoms with E-state index in [-0.39, 0.29) is 11.5 Å². The van der Waals surface area contributed by atoms with Crippen molar-refractivity contribution in [2.45, 2.75) is 20.8 Å². The van der Waals surface area contributed by atoms with Crippen molar-refractivity contribution in [3.05, 3.63) is 68.0 Å². The first kappa shape index (κ1) is 16.5. The summed E-state index contributed by atoms with van der Waals surface area (Å²) in [7, 11) is 0. The van der Waals surface area contributed by atoms with Crippen LogP contribution in [0.2, 0.25) is 0 Å². The number of aryl methyl sites for hydroxylation is 2. The second kappa shape index (κ2) is 6.07. The van der Waals surface area contributed by atoms with E-state index in [2.05, 4.69) is 4.98 Å². The fraction of sp³-hybridized carbons (Fsp3) is 0.150. The van der Waals surface area contributed by atoms with E-state index >= 15 is 0 Å². The minimum Gasteiger partial charge on any atom is -0.426 e. The van der Waals surface area contributed by atoms with Crippen molar-refractivity contribution in [3.63, 3.8) is 0 Å². The van der Waals surface area contributed by atoms with Crippen molar-refractivity contribution in [1.29, 1.82) is 0 Å². The molecule has 0 bridgehead atoms. The fourth-order valence-electron chi connectivity index (χ4n) is 3.14. The van der Waals surface area contributed by atoms with Crippen molar-refractivity contribution >= 4 is 39.4 Å². The van der Waals surface area contributed by atoms with E-state index in [4.69, 9.17) is 4.74 Å². The molecule has 0 amide bonds. The summed E-state index contributed by atoms with van der Waals surface area (Å²) in [5, 5.41) is 0. The number of aromatic nitrogens is 2. The maximum absolute atomic E-state index is 12.8. The van der Waals surface area contributed by atoms with Crippen LogP contribution in [-0.4, -0.2) is 15.4 Å². The van der Waals surface area contributed by atoms with Crippen molar-refractivity contribution in [2.24, 2.45) is 0 Å². The predicted molar refractivity (Wildman–Crippen MR) is 103 cm³/mol. The molecule has 0 saturated carbocycles. The normalized spacial score (nSPS) is 12.2. The first-order valence-electron chi connectivity index (χ1n) is 8.15. The number of hydrogen-bond donors (Lipinski definition) is 0. The molecule has 0 aliphatic carbocycles. The van der Waals surface area contributed by atoms with Crippen LogP contribution in [0.15, 0.2) is 41.2 Å². The number of thiazole rings is 1. The maximum Gasteiger partial charge on any atom is 0.308 e. The lowest BCUT2D eigenvalue weighted by Crippen LogP contribution is -2.22. The third-order valence-electron chi connectivity index (χ3n) is 4.17. The van der Waals surface area contributed by atoms with E-state index in [9.17, 15) is 9.59 Å². The SMILES string of the molecule is CC(=O)Oc1c(C)cc(C=c2sc3nc4ccccc4n3c2=O)cc1C. The smallest absolute Gasteiger partial charge is 0.308 e. The molecule has 0 spiro atoms. The van der Waals surface area contributed by atoms with E-state index in [1.807, 2.05) is 56.3 Å². The molecule has 2 aromatic carbocycles. The van der Waals surface area contributed by atoms with Gasteiger partial charge in [0.25, 0.3) is 5.56 Å². The van der Waals surface area contributed by atoms with Crippen molar-refractivity contribution < 1.29 is 9.53 Å². The number of rotatable bonds is 2. The lowest BCUT2D eigenvalue weighted by molar-refractivity contribution is -0.131. The third kappa shape index (κ3) is 2.68. The highest BCUT2D eigenvalue weighted by atomic mass is 32.1. The van der Waals surface area contributed by atoms with E-state index in [0.29, 0.717) is 15.2 Å². The first-order chi connectivity index (χ1) is 12.4. The minimum absolute atomic E-state index is 0.0712. The number of imidazole rings is 1. The highest BCUT2D eigenvalue weighted by Gasteiger charge is 2.12. The molecule has 130 valence electrons. The van der Waals surface area contributed by atoms with Gasteiger partial charge in [-0.25, -0.2) is 9.38 Å². The number of hydrogen-bond acceptors (Lipinski definition) is 5. The van der Waals surface area contributed by atoms with Gasteiger partial charge in [-0.1, -0.05) is 23.5 Å². The number of benzene rings is 2. The summed E-state index contributed by atoms with van der Waals surface area (Å²) >= 11 is 1.37. The predicted octanol–water partition coefficient (Wildman–Crippen LogP) is 3.00. The fourth-order valence-corrected chi connectivity index (χ4v) is 4.12. The summed E-state index contributed by atoms with van der Waals surface area (Å²) in [6.07, 6.45) is 1.86. The monoisotopic (exact) mass is 364 g/mol. The molecule has 4 aromatic rings. The van der Waals surface area contributed by atoms with Crippen LogP contribution in [0, 0.1) is 13.8 Å². The average Bonchev–Trinajstić information content (AvgIpc) is 3.08. The van der Waals surface area contributed by atoms with Gasteiger partial charge in [0.2, 0.25) is 0 Å². The van der Waals surface area contributed by atoms with Crippen LogP contribution >= 0.6 is 11.3 Å². The van der Waals surface area contributed by atoms with Gasteiger partial charge in [-0.2, -0.15) is 0 Å². The molecule has 0 N–H and O–H groups in total. The van der Waals surface area contributed by atoms with Crippen LogP contribution in [0.4, 0.5) is 0 Å². The largest absolute Gasteiger partial charge is 0.426 e. The molecule has 2 aromatic heterocycles. The molecule has 5 nitrogen and oxygen atoms in total. The maximum atomic E-state index is 12.8. The van der Waals surface area contributed by atoms with E-state index in [1.54, 1.807) is 4.40 Å². The Morgan fingerprint density at radius 3 is 2.58 bits per heavy atom. The zero-order valence-electron chi connectivity index (χ0n) is 14.6. The van der Waals surface area contributed by atoms with E-state index in [0.717, 1.165) is 27.7 Å². The summed E-state index contributed by atoms with van der Waals surface area (Å²) in [4.78, 5) is 29.3. The molecular formula is C20H16N2O3S.